The lowest BCUT2D eigenvalue weighted by atomic mass is 10.1. The maximum absolute atomic E-state index is 12.5. The van der Waals surface area contributed by atoms with Gasteiger partial charge in [-0.3, -0.25) is 14.4 Å². The fourth-order valence-electron chi connectivity index (χ4n) is 2.19. The Balaban J connectivity index is 2.31. The number of benzene rings is 2. The van der Waals surface area contributed by atoms with E-state index in [0.29, 0.717) is 17.1 Å². The number of esters is 2. The van der Waals surface area contributed by atoms with Gasteiger partial charge < -0.3 is 14.2 Å². The molecule has 0 saturated carbocycles. The van der Waals surface area contributed by atoms with Crippen molar-refractivity contribution in [3.05, 3.63) is 59.7 Å². The minimum absolute atomic E-state index is 0.111. The van der Waals surface area contributed by atoms with Crippen molar-refractivity contribution in [2.24, 2.45) is 0 Å². The summed E-state index contributed by atoms with van der Waals surface area (Å²) in [6.07, 6.45) is 2.85. The normalized spacial score (nSPS) is 10.4. The molecule has 0 atom stereocenters. The number of carbonyl (C=O) groups is 3. The summed E-state index contributed by atoms with van der Waals surface area (Å²) < 4.78 is 15.3. The molecule has 0 aliphatic heterocycles. The van der Waals surface area contributed by atoms with E-state index in [0.717, 1.165) is 0 Å². The summed E-state index contributed by atoms with van der Waals surface area (Å²) in [5.74, 6) is -0.455. The monoisotopic (exact) mass is 354 g/mol. The zero-order valence-electron chi connectivity index (χ0n) is 14.6. The van der Waals surface area contributed by atoms with Gasteiger partial charge in [-0.2, -0.15) is 0 Å². The van der Waals surface area contributed by atoms with Crippen molar-refractivity contribution in [3.63, 3.8) is 0 Å². The van der Waals surface area contributed by atoms with Gasteiger partial charge in [0.15, 0.2) is 5.78 Å². The molecule has 0 saturated heterocycles. The van der Waals surface area contributed by atoms with Crippen molar-refractivity contribution < 1.29 is 28.6 Å². The van der Waals surface area contributed by atoms with E-state index in [1.54, 1.807) is 30.3 Å². The second kappa shape index (κ2) is 8.62. The molecule has 0 fully saturated rings. The number of ketones is 1. The van der Waals surface area contributed by atoms with Crippen LogP contribution in [-0.2, 0) is 9.59 Å². The Morgan fingerprint density at radius 1 is 0.885 bits per heavy atom. The average Bonchev–Trinajstić information content (AvgIpc) is 2.59. The minimum atomic E-state index is -0.545. The first-order valence-electron chi connectivity index (χ1n) is 7.77. The Hall–Kier alpha value is -3.41. The highest BCUT2D eigenvalue weighted by atomic mass is 16.5. The molecule has 0 amide bonds. The summed E-state index contributed by atoms with van der Waals surface area (Å²) in [4.78, 5) is 35.0. The van der Waals surface area contributed by atoms with Crippen molar-refractivity contribution in [3.8, 4) is 17.2 Å². The van der Waals surface area contributed by atoms with Gasteiger partial charge >= 0.3 is 11.9 Å². The van der Waals surface area contributed by atoms with Crippen LogP contribution in [0.4, 0.5) is 0 Å². The van der Waals surface area contributed by atoms with Crippen molar-refractivity contribution in [1.29, 1.82) is 0 Å². The molecule has 0 unspecified atom stereocenters. The van der Waals surface area contributed by atoms with Crippen molar-refractivity contribution in [2.45, 2.75) is 13.8 Å². The molecule has 6 heteroatoms. The third kappa shape index (κ3) is 5.04. The molecule has 134 valence electrons. The zero-order valence-corrected chi connectivity index (χ0v) is 14.6. The molecule has 0 aliphatic carbocycles. The van der Waals surface area contributed by atoms with E-state index in [1.807, 2.05) is 0 Å². The lowest BCUT2D eigenvalue weighted by Gasteiger charge is -2.09. The fraction of sp³-hybridized carbons (Fsp3) is 0.150. The van der Waals surface area contributed by atoms with Crippen LogP contribution >= 0.6 is 0 Å². The number of allylic oxidation sites excluding steroid dienone is 1. The number of ether oxygens (including phenoxy) is 3. The Morgan fingerprint density at radius 3 is 2.19 bits per heavy atom. The van der Waals surface area contributed by atoms with Crippen LogP contribution in [0.3, 0.4) is 0 Å². The quantitative estimate of drug-likeness (QED) is 0.342. The summed E-state index contributed by atoms with van der Waals surface area (Å²) in [5.41, 5.74) is 0.779. The predicted octanol–water partition coefficient (Wildman–Crippen LogP) is 3.44. The topological polar surface area (TPSA) is 78.9 Å². The van der Waals surface area contributed by atoms with Gasteiger partial charge in [0.1, 0.15) is 17.2 Å². The summed E-state index contributed by atoms with van der Waals surface area (Å²) in [6.45, 7) is 2.55. The molecule has 0 heterocycles. The number of hydrogen-bond donors (Lipinski definition) is 0. The van der Waals surface area contributed by atoms with E-state index >= 15 is 0 Å². The third-order valence-corrected chi connectivity index (χ3v) is 3.29. The molecule has 26 heavy (non-hydrogen) atoms. The summed E-state index contributed by atoms with van der Waals surface area (Å²) in [6, 6.07) is 11.4. The van der Waals surface area contributed by atoms with Gasteiger partial charge in [-0.1, -0.05) is 18.2 Å². The molecule has 0 aromatic heterocycles. The summed E-state index contributed by atoms with van der Waals surface area (Å²) in [5, 5.41) is 0. The maximum atomic E-state index is 12.5. The van der Waals surface area contributed by atoms with Gasteiger partial charge in [0.05, 0.1) is 12.7 Å². The molecule has 0 aliphatic rings. The van der Waals surface area contributed by atoms with E-state index in [9.17, 15) is 14.4 Å². The first kappa shape index (κ1) is 18.9. The number of hydrogen-bond acceptors (Lipinski definition) is 6. The summed E-state index contributed by atoms with van der Waals surface area (Å²) in [7, 11) is 1.47. The van der Waals surface area contributed by atoms with E-state index in [4.69, 9.17) is 14.2 Å². The lowest BCUT2D eigenvalue weighted by molar-refractivity contribution is -0.132. The predicted molar refractivity (Wildman–Crippen MR) is 95.4 cm³/mol. The van der Waals surface area contributed by atoms with Gasteiger partial charge in [0, 0.05) is 25.5 Å². The lowest BCUT2D eigenvalue weighted by Crippen LogP contribution is -2.07. The van der Waals surface area contributed by atoms with E-state index in [1.165, 1.54) is 45.2 Å². The van der Waals surface area contributed by atoms with Crippen LogP contribution in [0.5, 0.6) is 17.2 Å². The highest BCUT2D eigenvalue weighted by Crippen LogP contribution is 2.26. The van der Waals surface area contributed by atoms with Gasteiger partial charge in [-0.05, 0) is 30.4 Å². The molecule has 2 aromatic rings. The minimum Gasteiger partial charge on any atom is -0.497 e. The largest absolute Gasteiger partial charge is 0.497 e. The second-order valence-electron chi connectivity index (χ2n) is 5.28. The van der Waals surface area contributed by atoms with Gasteiger partial charge in [-0.15, -0.1) is 0 Å². The number of carbonyl (C=O) groups excluding carboxylic acids is 3. The first-order valence-corrected chi connectivity index (χ1v) is 7.77. The van der Waals surface area contributed by atoms with E-state index in [2.05, 4.69) is 0 Å². The molecular weight excluding hydrogens is 336 g/mol. The molecule has 2 aromatic carbocycles. The number of rotatable bonds is 6. The van der Waals surface area contributed by atoms with Crippen LogP contribution in [0.1, 0.15) is 29.8 Å². The molecule has 0 radical (unpaired) electrons. The molecule has 6 nitrogen and oxygen atoms in total. The maximum Gasteiger partial charge on any atom is 0.308 e. The van der Waals surface area contributed by atoms with Gasteiger partial charge in [-0.25, -0.2) is 0 Å². The van der Waals surface area contributed by atoms with Crippen LogP contribution in [0.25, 0.3) is 6.08 Å². The number of para-hydroxylation sites is 1. The van der Waals surface area contributed by atoms with E-state index < -0.39 is 11.9 Å². The highest BCUT2D eigenvalue weighted by molar-refractivity contribution is 6.09. The summed E-state index contributed by atoms with van der Waals surface area (Å²) >= 11 is 0. The van der Waals surface area contributed by atoms with Crippen molar-refractivity contribution >= 4 is 23.8 Å². The van der Waals surface area contributed by atoms with Gasteiger partial charge in [0.25, 0.3) is 0 Å². The fourth-order valence-corrected chi connectivity index (χ4v) is 2.19. The third-order valence-electron chi connectivity index (χ3n) is 3.29. The molecule has 2 rings (SSSR count). The molecular formula is C20H18O6. The van der Waals surface area contributed by atoms with Crippen LogP contribution in [-0.4, -0.2) is 24.8 Å². The Bertz CT molecular complexity index is 866. The number of methoxy groups -OCH3 is 1. The zero-order chi connectivity index (χ0) is 19.1. The molecule has 0 bridgehead atoms. The first-order chi connectivity index (χ1) is 12.4. The van der Waals surface area contributed by atoms with Gasteiger partial charge in [0.2, 0.25) is 0 Å². The standard InChI is InChI=1S/C20H18O6/c1-13(21)25-19-7-5-4-6-15(19)8-11-18(23)17-10-9-16(24-3)12-20(17)26-14(2)22/h4-12H,1-3H3/b11-8+. The second-order valence-corrected chi connectivity index (χ2v) is 5.28. The Morgan fingerprint density at radius 2 is 1.54 bits per heavy atom. The van der Waals surface area contributed by atoms with Crippen molar-refractivity contribution in [1.82, 2.24) is 0 Å². The van der Waals surface area contributed by atoms with Crippen LogP contribution < -0.4 is 14.2 Å². The van der Waals surface area contributed by atoms with Crippen LogP contribution in [0, 0.1) is 0 Å². The van der Waals surface area contributed by atoms with E-state index in [-0.39, 0.29) is 17.1 Å². The highest BCUT2D eigenvalue weighted by Gasteiger charge is 2.14. The van der Waals surface area contributed by atoms with Crippen LogP contribution in [0.2, 0.25) is 0 Å². The molecule has 0 spiro atoms. The average molecular weight is 354 g/mol. The van der Waals surface area contributed by atoms with Crippen LogP contribution in [0.15, 0.2) is 48.5 Å². The van der Waals surface area contributed by atoms with Crippen molar-refractivity contribution in [2.75, 3.05) is 7.11 Å². The Kier molecular flexibility index (Phi) is 6.27. The Labute approximate surface area is 151 Å². The molecule has 0 N–H and O–H groups in total. The smallest absolute Gasteiger partial charge is 0.308 e. The SMILES string of the molecule is COc1ccc(C(=O)/C=C/c2ccccc2OC(C)=O)c(OC(C)=O)c1.